The predicted octanol–water partition coefficient (Wildman–Crippen LogP) is 3.93. The number of rotatable bonds is 13. The largest absolute Gasteiger partial charge is 0.481 e. The van der Waals surface area contributed by atoms with Crippen molar-refractivity contribution < 1.29 is 14.7 Å². The second kappa shape index (κ2) is 11.7. The highest BCUT2D eigenvalue weighted by atomic mass is 16.4. The predicted molar refractivity (Wildman–Crippen MR) is 92.0 cm³/mol. The average Bonchev–Trinajstić information content (AvgIpc) is 2.52. The van der Waals surface area contributed by atoms with Crippen molar-refractivity contribution in [2.75, 3.05) is 0 Å². The zero-order valence-corrected chi connectivity index (χ0v) is 13.9. The first-order valence-corrected chi connectivity index (χ1v) is 8.64. The summed E-state index contributed by atoms with van der Waals surface area (Å²) in [4.78, 5) is 22.0. The van der Waals surface area contributed by atoms with Crippen molar-refractivity contribution in [3.8, 4) is 0 Å². The molecule has 0 spiro atoms. The number of nitrogens with two attached hydrogens (primary N) is 1. The van der Waals surface area contributed by atoms with Gasteiger partial charge in [-0.25, -0.2) is 0 Å². The van der Waals surface area contributed by atoms with Crippen molar-refractivity contribution in [2.24, 2.45) is 11.7 Å². The minimum atomic E-state index is -0.694. The van der Waals surface area contributed by atoms with Gasteiger partial charge in [-0.2, -0.15) is 0 Å². The average molecular weight is 319 g/mol. The number of benzene rings is 1. The molecule has 3 N–H and O–H groups in total. The molecule has 1 amide bonds. The van der Waals surface area contributed by atoms with Gasteiger partial charge in [0.25, 0.3) is 0 Å². The minimum absolute atomic E-state index is 0.219. The molecule has 1 aromatic rings. The molecule has 0 heterocycles. The summed E-state index contributed by atoms with van der Waals surface area (Å²) in [6.45, 7) is 0. The van der Waals surface area contributed by atoms with E-state index in [1.807, 2.05) is 30.3 Å². The zero-order valence-electron chi connectivity index (χ0n) is 13.9. The van der Waals surface area contributed by atoms with Crippen LogP contribution in [0.2, 0.25) is 0 Å². The van der Waals surface area contributed by atoms with Gasteiger partial charge in [0.05, 0.1) is 5.92 Å². The van der Waals surface area contributed by atoms with Gasteiger partial charge >= 0.3 is 5.97 Å². The lowest BCUT2D eigenvalue weighted by molar-refractivity contribution is -0.142. The molecule has 4 heteroatoms. The Morgan fingerprint density at radius 2 is 1.48 bits per heavy atom. The molecule has 0 aromatic heterocycles. The number of primary amides is 1. The van der Waals surface area contributed by atoms with E-state index in [1.54, 1.807) is 0 Å². The lowest BCUT2D eigenvalue weighted by Gasteiger charge is -2.12. The molecule has 0 radical (unpaired) electrons. The lowest BCUT2D eigenvalue weighted by Crippen LogP contribution is -2.16. The van der Waals surface area contributed by atoms with E-state index >= 15 is 0 Å². The highest BCUT2D eigenvalue weighted by Gasteiger charge is 2.17. The van der Waals surface area contributed by atoms with E-state index in [2.05, 4.69) is 0 Å². The minimum Gasteiger partial charge on any atom is -0.481 e. The fraction of sp³-hybridized carbons (Fsp3) is 0.579. The molecule has 0 saturated carbocycles. The summed E-state index contributed by atoms with van der Waals surface area (Å²) in [5.41, 5.74) is 6.19. The third-order valence-corrected chi connectivity index (χ3v) is 4.15. The lowest BCUT2D eigenvalue weighted by atomic mass is 9.93. The van der Waals surface area contributed by atoms with Crippen molar-refractivity contribution in [1.82, 2.24) is 0 Å². The van der Waals surface area contributed by atoms with Gasteiger partial charge in [-0.1, -0.05) is 68.9 Å². The summed E-state index contributed by atoms with van der Waals surface area (Å²) in [7, 11) is 0. The SMILES string of the molecule is NC(=O)CCCCCCCCC[C@@H](Cc1ccccc1)C(=O)O. The summed E-state index contributed by atoms with van der Waals surface area (Å²) in [6.07, 6.45) is 9.22. The Bertz CT molecular complexity index is 459. The Morgan fingerprint density at radius 3 is 2.04 bits per heavy atom. The quantitative estimate of drug-likeness (QED) is 0.541. The number of carboxylic acid groups (broad SMARTS) is 1. The number of aliphatic carboxylic acids is 1. The molecule has 1 aromatic carbocycles. The number of carbonyl (C=O) groups is 2. The van der Waals surface area contributed by atoms with Gasteiger partial charge in [0.15, 0.2) is 0 Å². The summed E-state index contributed by atoms with van der Waals surface area (Å²) in [5, 5.41) is 9.34. The van der Waals surface area contributed by atoms with Gasteiger partial charge in [-0.05, 0) is 24.8 Å². The van der Waals surface area contributed by atoms with Crippen molar-refractivity contribution in [2.45, 2.75) is 64.2 Å². The molecule has 1 rings (SSSR count). The molecule has 0 fully saturated rings. The zero-order chi connectivity index (χ0) is 16.9. The van der Waals surface area contributed by atoms with Gasteiger partial charge in [-0.15, -0.1) is 0 Å². The van der Waals surface area contributed by atoms with Crippen LogP contribution in [0.15, 0.2) is 30.3 Å². The Morgan fingerprint density at radius 1 is 0.913 bits per heavy atom. The maximum atomic E-state index is 11.4. The van der Waals surface area contributed by atoms with Crippen molar-refractivity contribution in [1.29, 1.82) is 0 Å². The second-order valence-electron chi connectivity index (χ2n) is 6.20. The number of hydrogen-bond acceptors (Lipinski definition) is 2. The first-order chi connectivity index (χ1) is 11.1. The third-order valence-electron chi connectivity index (χ3n) is 4.15. The molecule has 0 aliphatic rings. The fourth-order valence-electron chi connectivity index (χ4n) is 2.79. The highest BCUT2D eigenvalue weighted by Crippen LogP contribution is 2.17. The molecular weight excluding hydrogens is 290 g/mol. The Hall–Kier alpha value is -1.84. The van der Waals surface area contributed by atoms with Crippen LogP contribution < -0.4 is 5.73 Å². The van der Waals surface area contributed by atoms with E-state index in [0.29, 0.717) is 12.8 Å². The van der Waals surface area contributed by atoms with E-state index in [0.717, 1.165) is 56.9 Å². The van der Waals surface area contributed by atoms with Crippen LogP contribution in [0.4, 0.5) is 0 Å². The number of unbranched alkanes of at least 4 members (excludes halogenated alkanes) is 6. The van der Waals surface area contributed by atoms with Gasteiger partial charge in [0, 0.05) is 6.42 Å². The maximum Gasteiger partial charge on any atom is 0.306 e. The number of carbonyl (C=O) groups excluding carboxylic acids is 1. The van der Waals surface area contributed by atoms with Gasteiger partial charge in [0.2, 0.25) is 5.91 Å². The summed E-state index contributed by atoms with van der Waals surface area (Å²) >= 11 is 0. The summed E-state index contributed by atoms with van der Waals surface area (Å²) < 4.78 is 0. The highest BCUT2D eigenvalue weighted by molar-refractivity contribution is 5.73. The van der Waals surface area contributed by atoms with E-state index in [9.17, 15) is 14.7 Å². The van der Waals surface area contributed by atoms with Gasteiger partial charge in [0.1, 0.15) is 0 Å². The monoisotopic (exact) mass is 319 g/mol. The van der Waals surface area contributed by atoms with E-state index in [1.165, 1.54) is 0 Å². The summed E-state index contributed by atoms with van der Waals surface area (Å²) in [5.74, 6) is -1.20. The molecule has 128 valence electrons. The van der Waals surface area contributed by atoms with Gasteiger partial charge < -0.3 is 10.8 Å². The molecule has 0 aliphatic carbocycles. The van der Waals surface area contributed by atoms with Crippen molar-refractivity contribution in [3.63, 3.8) is 0 Å². The molecule has 23 heavy (non-hydrogen) atoms. The normalized spacial score (nSPS) is 12.0. The van der Waals surface area contributed by atoms with Crippen LogP contribution in [-0.4, -0.2) is 17.0 Å². The maximum absolute atomic E-state index is 11.4. The van der Waals surface area contributed by atoms with E-state index in [-0.39, 0.29) is 11.8 Å². The molecule has 0 saturated heterocycles. The second-order valence-corrected chi connectivity index (χ2v) is 6.20. The Kier molecular flexibility index (Phi) is 9.76. The van der Waals surface area contributed by atoms with Crippen LogP contribution in [0.25, 0.3) is 0 Å². The summed E-state index contributed by atoms with van der Waals surface area (Å²) in [6, 6.07) is 9.83. The van der Waals surface area contributed by atoms with Gasteiger partial charge in [-0.3, -0.25) is 9.59 Å². The molecule has 1 atom stereocenters. The smallest absolute Gasteiger partial charge is 0.306 e. The van der Waals surface area contributed by atoms with Crippen LogP contribution in [0.5, 0.6) is 0 Å². The van der Waals surface area contributed by atoms with Crippen LogP contribution in [0.3, 0.4) is 0 Å². The first-order valence-electron chi connectivity index (χ1n) is 8.64. The fourth-order valence-corrected chi connectivity index (χ4v) is 2.79. The first kappa shape index (κ1) is 19.2. The molecule has 0 unspecified atom stereocenters. The molecule has 0 bridgehead atoms. The number of hydrogen-bond donors (Lipinski definition) is 2. The number of amides is 1. The van der Waals surface area contributed by atoms with E-state index < -0.39 is 5.97 Å². The third kappa shape index (κ3) is 9.72. The topological polar surface area (TPSA) is 80.4 Å². The van der Waals surface area contributed by atoms with Crippen LogP contribution in [0.1, 0.15) is 63.4 Å². The Labute approximate surface area is 139 Å². The van der Waals surface area contributed by atoms with Crippen LogP contribution in [0, 0.1) is 5.92 Å². The van der Waals surface area contributed by atoms with Crippen molar-refractivity contribution in [3.05, 3.63) is 35.9 Å². The standard InChI is InChI=1S/C19H29NO3/c20-18(21)14-10-5-3-1-2-4-9-13-17(19(22)23)15-16-11-7-6-8-12-16/h6-8,11-12,17H,1-5,9-10,13-15H2,(H2,20,21)(H,22,23)/t17-/m0/s1. The van der Waals surface area contributed by atoms with Crippen molar-refractivity contribution >= 4 is 11.9 Å². The van der Waals surface area contributed by atoms with E-state index in [4.69, 9.17) is 5.73 Å². The molecular formula is C19H29NO3. The molecule has 0 aliphatic heterocycles. The molecule has 4 nitrogen and oxygen atoms in total. The Balaban J connectivity index is 2.10. The number of carboxylic acids is 1. The van der Waals surface area contributed by atoms with Crippen LogP contribution in [-0.2, 0) is 16.0 Å². The van der Waals surface area contributed by atoms with Crippen LogP contribution >= 0.6 is 0 Å².